The summed E-state index contributed by atoms with van der Waals surface area (Å²) in [6.45, 7) is 4.41. The molecule has 0 aliphatic rings. The Kier molecular flexibility index (Phi) is 5.14. The summed E-state index contributed by atoms with van der Waals surface area (Å²) in [4.78, 5) is 28.2. The van der Waals surface area contributed by atoms with Crippen LogP contribution in [0.2, 0.25) is 5.02 Å². The van der Waals surface area contributed by atoms with E-state index in [0.717, 1.165) is 22.3 Å². The molecule has 0 amide bonds. The Morgan fingerprint density at radius 3 is 2.72 bits per heavy atom. The predicted molar refractivity (Wildman–Crippen MR) is 114 cm³/mol. The Hall–Kier alpha value is -3.45. The van der Waals surface area contributed by atoms with Crippen LogP contribution in [0.3, 0.4) is 0 Å². The van der Waals surface area contributed by atoms with E-state index in [1.807, 2.05) is 44.2 Å². The fraction of sp³-hybridized carbons (Fsp3) is 0.143. The molecule has 0 atom stereocenters. The van der Waals surface area contributed by atoms with Crippen LogP contribution in [0.25, 0.3) is 22.2 Å². The number of benzene rings is 2. The van der Waals surface area contributed by atoms with Gasteiger partial charge in [0, 0.05) is 22.0 Å². The molecule has 0 bridgehead atoms. The van der Waals surface area contributed by atoms with E-state index in [0.29, 0.717) is 28.8 Å². The van der Waals surface area contributed by atoms with Crippen LogP contribution >= 0.6 is 11.6 Å². The van der Waals surface area contributed by atoms with Crippen molar-refractivity contribution in [1.82, 2.24) is 19.9 Å². The van der Waals surface area contributed by atoms with E-state index in [2.05, 4.69) is 25.3 Å². The Morgan fingerprint density at radius 2 is 1.93 bits per heavy atom. The van der Waals surface area contributed by atoms with Crippen LogP contribution in [-0.4, -0.2) is 26.5 Å². The van der Waals surface area contributed by atoms with Gasteiger partial charge in [0.05, 0.1) is 23.5 Å². The van der Waals surface area contributed by atoms with Gasteiger partial charge in [-0.1, -0.05) is 29.8 Å². The van der Waals surface area contributed by atoms with Crippen LogP contribution in [0, 0.1) is 6.92 Å². The number of nitrogens with zero attached hydrogens (tertiary/aromatic N) is 3. The van der Waals surface area contributed by atoms with Gasteiger partial charge in [0.2, 0.25) is 11.9 Å². The Balaban J connectivity index is 1.71. The molecule has 2 aromatic heterocycles. The van der Waals surface area contributed by atoms with Gasteiger partial charge >= 0.3 is 0 Å². The number of nitrogens with one attached hydrogen (secondary N) is 2. The molecule has 0 unspecified atom stereocenters. The number of rotatable bonds is 5. The molecule has 0 fully saturated rings. The SMILES string of the molecule is CCOc1ccc2nc(Nc3nc(-c4ccccc4Cl)cc(=O)[nH]3)nc(C)c2c1. The highest BCUT2D eigenvalue weighted by atomic mass is 35.5. The third kappa shape index (κ3) is 4.05. The molecule has 4 rings (SSSR count). The van der Waals surface area contributed by atoms with Crippen LogP contribution in [0.15, 0.2) is 53.3 Å². The Morgan fingerprint density at radius 1 is 1.10 bits per heavy atom. The number of H-pyrrole nitrogens is 1. The lowest BCUT2D eigenvalue weighted by Gasteiger charge is -2.10. The first-order valence-electron chi connectivity index (χ1n) is 9.08. The summed E-state index contributed by atoms with van der Waals surface area (Å²) in [5.74, 6) is 1.33. The number of anilines is 2. The largest absolute Gasteiger partial charge is 0.494 e. The third-order valence-electron chi connectivity index (χ3n) is 4.29. The molecule has 7 nitrogen and oxygen atoms in total. The standard InChI is InChI=1S/C21H18ClN5O2/c1-3-29-13-8-9-17-15(10-13)12(2)23-20(24-17)27-21-25-18(11-19(28)26-21)14-6-4-5-7-16(14)22/h4-11H,3H2,1-2H3,(H2,23,24,25,26,27,28). The molecule has 2 aromatic carbocycles. The van der Waals surface area contributed by atoms with Crippen LogP contribution in [0.5, 0.6) is 5.75 Å². The van der Waals surface area contributed by atoms with Crippen molar-refractivity contribution in [3.05, 3.63) is 69.6 Å². The van der Waals surface area contributed by atoms with Gasteiger partial charge in [-0.3, -0.25) is 15.1 Å². The maximum atomic E-state index is 12.1. The van der Waals surface area contributed by atoms with Gasteiger partial charge in [-0.15, -0.1) is 0 Å². The van der Waals surface area contributed by atoms with Gasteiger partial charge in [-0.2, -0.15) is 0 Å². The number of aromatic amines is 1. The molecule has 0 spiro atoms. The minimum atomic E-state index is -0.309. The summed E-state index contributed by atoms with van der Waals surface area (Å²) in [5, 5.41) is 4.39. The lowest BCUT2D eigenvalue weighted by molar-refractivity contribution is 0.340. The first-order valence-corrected chi connectivity index (χ1v) is 9.46. The van der Waals surface area contributed by atoms with Crippen LogP contribution in [0.1, 0.15) is 12.6 Å². The maximum Gasteiger partial charge on any atom is 0.252 e. The fourth-order valence-electron chi connectivity index (χ4n) is 3.00. The van der Waals surface area contributed by atoms with Crippen molar-refractivity contribution >= 4 is 34.4 Å². The molecule has 0 saturated heterocycles. The molecular weight excluding hydrogens is 390 g/mol. The van der Waals surface area contributed by atoms with Gasteiger partial charge in [-0.25, -0.2) is 15.0 Å². The molecule has 146 valence electrons. The highest BCUT2D eigenvalue weighted by Gasteiger charge is 2.10. The Bertz CT molecular complexity index is 1260. The summed E-state index contributed by atoms with van der Waals surface area (Å²) in [7, 11) is 0. The maximum absolute atomic E-state index is 12.1. The normalized spacial score (nSPS) is 10.9. The minimum Gasteiger partial charge on any atom is -0.494 e. The second kappa shape index (κ2) is 7.89. The average Bonchev–Trinajstić information content (AvgIpc) is 2.68. The molecule has 2 heterocycles. The summed E-state index contributed by atoms with van der Waals surface area (Å²) in [6.07, 6.45) is 0. The second-order valence-corrected chi connectivity index (χ2v) is 6.74. The number of aryl methyl sites for hydroxylation is 1. The first kappa shape index (κ1) is 18.9. The molecule has 0 saturated carbocycles. The number of ether oxygens (including phenoxy) is 1. The molecule has 29 heavy (non-hydrogen) atoms. The number of hydrogen-bond acceptors (Lipinski definition) is 6. The molecule has 4 aromatic rings. The second-order valence-electron chi connectivity index (χ2n) is 6.33. The predicted octanol–water partition coefficient (Wildman–Crippen LogP) is 4.48. The number of fused-ring (bicyclic) bond motifs is 1. The van der Waals surface area contributed by atoms with Crippen LogP contribution < -0.4 is 15.6 Å². The highest BCUT2D eigenvalue weighted by molar-refractivity contribution is 6.33. The van der Waals surface area contributed by atoms with E-state index in [1.165, 1.54) is 6.07 Å². The van der Waals surface area contributed by atoms with E-state index in [-0.39, 0.29) is 11.5 Å². The quantitative estimate of drug-likeness (QED) is 0.506. The molecule has 0 aliphatic carbocycles. The minimum absolute atomic E-state index is 0.233. The summed E-state index contributed by atoms with van der Waals surface area (Å²) >= 11 is 6.24. The van der Waals surface area contributed by atoms with E-state index >= 15 is 0 Å². The zero-order chi connectivity index (χ0) is 20.4. The van der Waals surface area contributed by atoms with E-state index in [4.69, 9.17) is 16.3 Å². The zero-order valence-corrected chi connectivity index (χ0v) is 16.6. The smallest absolute Gasteiger partial charge is 0.252 e. The van der Waals surface area contributed by atoms with Crippen molar-refractivity contribution in [3.8, 4) is 17.0 Å². The van der Waals surface area contributed by atoms with Gasteiger partial charge < -0.3 is 4.74 Å². The molecular formula is C21H18ClN5O2. The summed E-state index contributed by atoms with van der Waals surface area (Å²) < 4.78 is 5.54. The van der Waals surface area contributed by atoms with E-state index in [9.17, 15) is 4.79 Å². The number of aromatic nitrogens is 4. The van der Waals surface area contributed by atoms with Gasteiger partial charge in [-0.05, 0) is 38.1 Å². The molecule has 8 heteroatoms. The molecule has 2 N–H and O–H groups in total. The fourth-order valence-corrected chi connectivity index (χ4v) is 3.24. The topological polar surface area (TPSA) is 92.8 Å². The van der Waals surface area contributed by atoms with Crippen LogP contribution in [0.4, 0.5) is 11.9 Å². The Labute approximate surface area is 171 Å². The van der Waals surface area contributed by atoms with Gasteiger partial charge in [0.15, 0.2) is 0 Å². The first-order chi connectivity index (χ1) is 14.0. The average molecular weight is 408 g/mol. The van der Waals surface area contributed by atoms with Crippen LogP contribution in [-0.2, 0) is 0 Å². The summed E-state index contributed by atoms with van der Waals surface area (Å²) in [5.41, 5.74) is 2.36. The lowest BCUT2D eigenvalue weighted by atomic mass is 10.1. The molecule has 0 radical (unpaired) electrons. The van der Waals surface area contributed by atoms with Crippen molar-refractivity contribution in [1.29, 1.82) is 0 Å². The van der Waals surface area contributed by atoms with Crippen molar-refractivity contribution < 1.29 is 4.74 Å². The van der Waals surface area contributed by atoms with Gasteiger partial charge in [0.25, 0.3) is 5.56 Å². The number of halogens is 1. The van der Waals surface area contributed by atoms with Crippen molar-refractivity contribution in [2.75, 3.05) is 11.9 Å². The third-order valence-corrected chi connectivity index (χ3v) is 4.62. The van der Waals surface area contributed by atoms with Crippen molar-refractivity contribution in [3.63, 3.8) is 0 Å². The summed E-state index contributed by atoms with van der Waals surface area (Å²) in [6, 6.07) is 14.3. The van der Waals surface area contributed by atoms with E-state index < -0.39 is 0 Å². The number of hydrogen-bond donors (Lipinski definition) is 2. The zero-order valence-electron chi connectivity index (χ0n) is 15.9. The highest BCUT2D eigenvalue weighted by Crippen LogP contribution is 2.26. The lowest BCUT2D eigenvalue weighted by Crippen LogP contribution is -2.12. The van der Waals surface area contributed by atoms with Crippen molar-refractivity contribution in [2.24, 2.45) is 0 Å². The molecule has 0 aliphatic heterocycles. The van der Waals surface area contributed by atoms with Gasteiger partial charge in [0.1, 0.15) is 5.75 Å². The van der Waals surface area contributed by atoms with E-state index in [1.54, 1.807) is 12.1 Å². The van der Waals surface area contributed by atoms with Crippen molar-refractivity contribution in [2.45, 2.75) is 13.8 Å². The monoisotopic (exact) mass is 407 g/mol.